The summed E-state index contributed by atoms with van der Waals surface area (Å²) in [5, 5.41) is 2.96. The van der Waals surface area contributed by atoms with Crippen LogP contribution in [0.4, 0.5) is 4.39 Å². The number of nitrogens with zero attached hydrogens (tertiary/aromatic N) is 1. The highest BCUT2D eigenvalue weighted by Gasteiger charge is 2.24. The molecule has 0 radical (unpaired) electrons. The molecule has 3 aromatic rings. The van der Waals surface area contributed by atoms with E-state index in [0.29, 0.717) is 17.0 Å². The van der Waals surface area contributed by atoms with E-state index in [9.17, 15) is 17.4 Å². The van der Waals surface area contributed by atoms with E-state index in [4.69, 9.17) is 0 Å². The predicted octanol–water partition coefficient (Wildman–Crippen LogP) is 2.99. The first kappa shape index (κ1) is 19.6. The minimum absolute atomic E-state index is 0.000558. The van der Waals surface area contributed by atoms with E-state index in [-0.39, 0.29) is 16.2 Å². The highest BCUT2D eigenvalue weighted by molar-refractivity contribution is 7.91. The Balaban J connectivity index is 2.21. The molecule has 2 aromatic carbocycles. The number of halogens is 1. The fourth-order valence-corrected chi connectivity index (χ4v) is 4.86. The third-order valence-electron chi connectivity index (χ3n) is 4.07. The Morgan fingerprint density at radius 2 is 1.89 bits per heavy atom. The Bertz CT molecular complexity index is 1060. The molecule has 8 heteroatoms. The summed E-state index contributed by atoms with van der Waals surface area (Å²) in [7, 11) is -2.26. The second-order valence-corrected chi connectivity index (χ2v) is 9.17. The minimum Gasteiger partial charge on any atom is -0.612 e. The zero-order chi connectivity index (χ0) is 19.6. The van der Waals surface area contributed by atoms with E-state index in [1.54, 1.807) is 37.4 Å². The molecule has 0 aliphatic carbocycles. The van der Waals surface area contributed by atoms with Crippen LogP contribution in [-0.4, -0.2) is 30.2 Å². The topological polar surface area (TPSA) is 74.2 Å². The normalized spacial score (nSPS) is 12.9. The Labute approximate surface area is 161 Å². The van der Waals surface area contributed by atoms with E-state index in [2.05, 4.69) is 5.32 Å². The highest BCUT2D eigenvalue weighted by atomic mass is 32.2. The van der Waals surface area contributed by atoms with Crippen molar-refractivity contribution in [2.45, 2.75) is 16.3 Å². The lowest BCUT2D eigenvalue weighted by Gasteiger charge is -2.12. The van der Waals surface area contributed by atoms with Crippen LogP contribution in [0.25, 0.3) is 11.3 Å². The lowest BCUT2D eigenvalue weighted by atomic mass is 10.1. The second-order valence-electron chi connectivity index (χ2n) is 5.97. The summed E-state index contributed by atoms with van der Waals surface area (Å²) in [4.78, 5) is 0.408. The van der Waals surface area contributed by atoms with Gasteiger partial charge in [-0.05, 0) is 54.1 Å². The first-order valence-corrected chi connectivity index (χ1v) is 11.1. The van der Waals surface area contributed by atoms with Gasteiger partial charge in [-0.25, -0.2) is 16.8 Å². The molecule has 1 N–H and O–H groups in total. The van der Waals surface area contributed by atoms with Crippen molar-refractivity contribution < 1.29 is 17.4 Å². The molecule has 142 valence electrons. The molecule has 0 aliphatic heterocycles. The summed E-state index contributed by atoms with van der Waals surface area (Å²) in [5.74, 6) is -0.508. The highest BCUT2D eigenvalue weighted by Crippen LogP contribution is 2.29. The zero-order valence-electron chi connectivity index (χ0n) is 14.8. The average molecular weight is 407 g/mol. The van der Waals surface area contributed by atoms with Crippen molar-refractivity contribution in [2.24, 2.45) is 0 Å². The molecule has 0 fully saturated rings. The number of aromatic nitrogens is 1. The van der Waals surface area contributed by atoms with Crippen molar-refractivity contribution >= 4 is 21.2 Å². The second kappa shape index (κ2) is 7.85. The lowest BCUT2D eigenvalue weighted by molar-refractivity contribution is 0.587. The molecule has 1 unspecified atom stereocenters. The molecule has 1 aromatic heterocycles. The fraction of sp³-hybridized carbons (Fsp3) is 0.158. The summed E-state index contributed by atoms with van der Waals surface area (Å²) in [6, 6.07) is 13.7. The number of nitrogens with one attached hydrogen (secondary N) is 1. The largest absolute Gasteiger partial charge is 0.612 e. The number of hydrogen-bond donors (Lipinski definition) is 1. The van der Waals surface area contributed by atoms with Gasteiger partial charge in [-0.15, -0.1) is 0 Å². The van der Waals surface area contributed by atoms with Gasteiger partial charge in [0.1, 0.15) is 12.1 Å². The molecule has 1 atom stereocenters. The van der Waals surface area contributed by atoms with Crippen LogP contribution in [0.1, 0.15) is 5.56 Å². The number of benzene rings is 2. The summed E-state index contributed by atoms with van der Waals surface area (Å²) in [6.07, 6.45) is 2.96. The molecule has 0 bridgehead atoms. The van der Waals surface area contributed by atoms with E-state index in [0.717, 1.165) is 3.97 Å². The first-order valence-electron chi connectivity index (χ1n) is 8.14. The van der Waals surface area contributed by atoms with Gasteiger partial charge in [-0.2, -0.15) is 0 Å². The first-order chi connectivity index (χ1) is 12.8. The van der Waals surface area contributed by atoms with E-state index in [1.165, 1.54) is 36.7 Å². The van der Waals surface area contributed by atoms with Crippen LogP contribution in [0.5, 0.6) is 0 Å². The van der Waals surface area contributed by atoms with Gasteiger partial charge in [0, 0.05) is 24.4 Å². The van der Waals surface area contributed by atoms with Crippen molar-refractivity contribution in [1.29, 1.82) is 0 Å². The van der Waals surface area contributed by atoms with Crippen LogP contribution in [0.3, 0.4) is 0 Å². The molecular weight excluding hydrogens is 387 g/mol. The maximum Gasteiger partial charge on any atom is 0.268 e. The summed E-state index contributed by atoms with van der Waals surface area (Å²) in [6.45, 7) is 0.434. The lowest BCUT2D eigenvalue weighted by Crippen LogP contribution is -2.14. The van der Waals surface area contributed by atoms with Gasteiger partial charge in [-0.1, -0.05) is 18.2 Å². The number of rotatable bonds is 6. The molecule has 27 heavy (non-hydrogen) atoms. The smallest absolute Gasteiger partial charge is 0.268 e. The van der Waals surface area contributed by atoms with Gasteiger partial charge < -0.3 is 9.87 Å². The molecule has 5 nitrogen and oxygen atoms in total. The molecular formula is C19H19FN2O3S2. The number of hydrogen-bond acceptors (Lipinski definition) is 4. The van der Waals surface area contributed by atoms with Crippen LogP contribution in [0, 0.1) is 5.82 Å². The van der Waals surface area contributed by atoms with Crippen molar-refractivity contribution in [3.63, 3.8) is 0 Å². The maximum atomic E-state index is 14.3. The monoisotopic (exact) mass is 406 g/mol. The van der Waals surface area contributed by atoms with Gasteiger partial charge >= 0.3 is 0 Å². The van der Waals surface area contributed by atoms with Gasteiger partial charge in [0.05, 0.1) is 10.6 Å². The van der Waals surface area contributed by atoms with Gasteiger partial charge in [0.2, 0.25) is 0 Å². The molecule has 0 amide bonds. The quantitative estimate of drug-likeness (QED) is 0.639. The van der Waals surface area contributed by atoms with E-state index in [1.807, 2.05) is 0 Å². The van der Waals surface area contributed by atoms with Crippen molar-refractivity contribution in [3.8, 4) is 11.3 Å². The van der Waals surface area contributed by atoms with Crippen molar-refractivity contribution in [2.75, 3.05) is 13.3 Å². The molecule has 0 aliphatic rings. The third-order valence-corrected chi connectivity index (χ3v) is 6.66. The minimum atomic E-state index is -4.00. The molecule has 0 saturated carbocycles. The van der Waals surface area contributed by atoms with Gasteiger partial charge in [-0.3, -0.25) is 0 Å². The van der Waals surface area contributed by atoms with Crippen LogP contribution in [0.2, 0.25) is 0 Å². The Hall–Kier alpha value is -2.13. The van der Waals surface area contributed by atoms with Crippen LogP contribution in [0.15, 0.2) is 70.6 Å². The van der Waals surface area contributed by atoms with Crippen molar-refractivity contribution in [1.82, 2.24) is 9.29 Å². The zero-order valence-corrected chi connectivity index (χ0v) is 16.5. The standard InChI is InChI=1S/C19H19FN2O3S2/c1-21-12-14-10-19(17-8-3-4-9-18(17)20)22(13-14)27(24,25)16-7-5-6-15(11-16)26(2)23/h3-11,13,21H,12H2,1-2H3. The van der Waals surface area contributed by atoms with Gasteiger partial charge in [0.15, 0.2) is 4.90 Å². The molecule has 0 saturated heterocycles. The summed E-state index contributed by atoms with van der Waals surface area (Å²) >= 11 is -1.32. The van der Waals surface area contributed by atoms with E-state index >= 15 is 0 Å². The molecule has 3 rings (SSSR count). The van der Waals surface area contributed by atoms with Crippen LogP contribution >= 0.6 is 0 Å². The Morgan fingerprint density at radius 3 is 2.56 bits per heavy atom. The summed E-state index contributed by atoms with van der Waals surface area (Å²) < 4.78 is 53.7. The van der Waals surface area contributed by atoms with E-state index < -0.39 is 27.0 Å². The Morgan fingerprint density at radius 1 is 1.15 bits per heavy atom. The predicted molar refractivity (Wildman–Crippen MR) is 104 cm³/mol. The summed E-state index contributed by atoms with van der Waals surface area (Å²) in [5.41, 5.74) is 1.13. The average Bonchev–Trinajstić information content (AvgIpc) is 3.07. The molecule has 0 spiro atoms. The van der Waals surface area contributed by atoms with Gasteiger partial charge in [0.25, 0.3) is 10.0 Å². The fourth-order valence-electron chi connectivity index (χ4n) is 2.79. The third kappa shape index (κ3) is 3.93. The Kier molecular flexibility index (Phi) is 5.71. The van der Waals surface area contributed by atoms with Crippen molar-refractivity contribution in [3.05, 3.63) is 72.2 Å². The van der Waals surface area contributed by atoms with Crippen LogP contribution < -0.4 is 5.32 Å². The maximum absolute atomic E-state index is 14.3. The van der Waals surface area contributed by atoms with Crippen LogP contribution in [-0.2, 0) is 27.7 Å². The molecule has 1 heterocycles. The SMILES string of the molecule is CNCc1cc(-c2ccccc2F)n(S(=O)(=O)c2cccc([S+](C)[O-])c2)c1.